The van der Waals surface area contributed by atoms with Crippen LogP contribution in [0.4, 0.5) is 17.1 Å². The predicted octanol–water partition coefficient (Wildman–Crippen LogP) is 6.56. The van der Waals surface area contributed by atoms with E-state index >= 15 is 0 Å². The highest BCUT2D eigenvalue weighted by atomic mass is 32.2. The van der Waals surface area contributed by atoms with E-state index in [9.17, 15) is 4.79 Å². The maximum absolute atomic E-state index is 13.5. The van der Waals surface area contributed by atoms with Gasteiger partial charge in [-0.25, -0.2) is 10.0 Å². The first-order valence-corrected chi connectivity index (χ1v) is 12.9. The molecule has 0 saturated heterocycles. The Hall–Kier alpha value is -4.36. The number of aryl methyl sites for hydroxylation is 1. The zero-order valence-corrected chi connectivity index (χ0v) is 21.3. The largest absolute Gasteiger partial charge is 0.320 e. The van der Waals surface area contributed by atoms with Gasteiger partial charge in [-0.05, 0) is 62.0 Å². The van der Waals surface area contributed by atoms with Crippen molar-refractivity contribution in [2.24, 2.45) is 10.2 Å². The summed E-state index contributed by atoms with van der Waals surface area (Å²) in [4.78, 5) is 12.6. The Morgan fingerprint density at radius 2 is 1.32 bits per heavy atom. The lowest BCUT2D eigenvalue weighted by molar-refractivity contribution is -0.110. The van der Waals surface area contributed by atoms with Crippen LogP contribution in [0.2, 0.25) is 0 Å². The van der Waals surface area contributed by atoms with E-state index in [0.29, 0.717) is 5.04 Å². The maximum atomic E-state index is 13.5. The van der Waals surface area contributed by atoms with Crippen LogP contribution in [0, 0.1) is 6.92 Å². The van der Waals surface area contributed by atoms with Crippen LogP contribution in [0.25, 0.3) is 0 Å². The smallest absolute Gasteiger partial charge is 0.282 e. The fraction of sp³-hybridized carbons (Fsp3) is 0.100. The molecule has 6 nitrogen and oxygen atoms in total. The number of hydrogen-bond donors (Lipinski definition) is 1. The minimum Gasteiger partial charge on any atom is -0.320 e. The molecule has 6 rings (SSSR count). The van der Waals surface area contributed by atoms with Crippen molar-refractivity contribution in [2.45, 2.75) is 18.8 Å². The first-order valence-electron chi connectivity index (χ1n) is 12.1. The molecule has 0 fully saturated rings. The standard InChI is InChI=1S/C30H25N5OS/c1-21-17-19-25(20-18-21)35-30(37-29(33-35)28(36)31-23-11-5-3-6-12-23)27-16-10-9-15-26(27)22(2)32-34(30)24-13-7-4-8-14-24/h3-20H,1-2H3,(H,31,36). The van der Waals surface area contributed by atoms with Crippen molar-refractivity contribution in [3.8, 4) is 0 Å². The normalized spacial score (nSPS) is 18.3. The van der Waals surface area contributed by atoms with Crippen LogP contribution in [-0.2, 0) is 9.79 Å². The van der Waals surface area contributed by atoms with Crippen molar-refractivity contribution in [1.29, 1.82) is 0 Å². The van der Waals surface area contributed by atoms with Crippen molar-refractivity contribution >= 4 is 45.5 Å². The van der Waals surface area contributed by atoms with Crippen LogP contribution in [0.5, 0.6) is 0 Å². The number of rotatable bonds is 4. The minimum absolute atomic E-state index is 0.262. The molecule has 7 heteroatoms. The quantitative estimate of drug-likeness (QED) is 0.343. The Balaban J connectivity index is 1.54. The third-order valence-corrected chi connectivity index (χ3v) is 7.74. The number of nitrogens with zero attached hydrogens (tertiary/aromatic N) is 4. The average Bonchev–Trinajstić information content (AvgIpc) is 3.34. The second kappa shape index (κ2) is 9.26. The van der Waals surface area contributed by atoms with Gasteiger partial charge in [-0.1, -0.05) is 78.4 Å². The molecule has 182 valence electrons. The molecule has 1 unspecified atom stereocenters. The van der Waals surface area contributed by atoms with Gasteiger partial charge in [0.25, 0.3) is 5.91 Å². The number of amides is 1. The number of hydrogen-bond acceptors (Lipinski definition) is 6. The number of para-hydroxylation sites is 2. The Bertz CT molecular complexity index is 1520. The van der Waals surface area contributed by atoms with Crippen LogP contribution in [0.15, 0.2) is 119 Å². The SMILES string of the molecule is CC1=NN(c2ccccc2)C2(SC(C(=O)Nc3ccccc3)=NN2c2ccc(C)cc2)c2ccccc21. The fourth-order valence-corrected chi connectivity index (χ4v) is 5.94. The van der Waals surface area contributed by atoms with Crippen LogP contribution in [0.3, 0.4) is 0 Å². The van der Waals surface area contributed by atoms with Crippen LogP contribution >= 0.6 is 11.8 Å². The molecule has 2 aliphatic heterocycles. The average molecular weight is 504 g/mol. The molecule has 0 aliphatic carbocycles. The molecule has 1 N–H and O–H groups in total. The highest BCUT2D eigenvalue weighted by Crippen LogP contribution is 2.54. The van der Waals surface area contributed by atoms with E-state index in [-0.39, 0.29) is 5.91 Å². The molecule has 1 amide bonds. The molecule has 2 heterocycles. The third-order valence-electron chi connectivity index (χ3n) is 6.43. The summed E-state index contributed by atoms with van der Waals surface area (Å²) in [5, 5.41) is 17.3. The Kier molecular flexibility index (Phi) is 5.77. The van der Waals surface area contributed by atoms with Gasteiger partial charge in [-0.2, -0.15) is 10.2 Å². The van der Waals surface area contributed by atoms with Gasteiger partial charge in [0.05, 0.1) is 17.1 Å². The number of carbonyl (C=O) groups excluding carboxylic acids is 1. The molecule has 4 aromatic rings. The van der Waals surface area contributed by atoms with Crippen LogP contribution in [-0.4, -0.2) is 16.7 Å². The molecule has 1 spiro atoms. The third kappa shape index (κ3) is 3.97. The Morgan fingerprint density at radius 3 is 2.05 bits per heavy atom. The van der Waals surface area contributed by atoms with Crippen molar-refractivity contribution < 1.29 is 4.79 Å². The van der Waals surface area contributed by atoms with E-state index in [2.05, 4.69) is 36.5 Å². The number of thioether (sulfide) groups is 1. The molecule has 0 aromatic heterocycles. The second-order valence-corrected chi connectivity index (χ2v) is 10.1. The lowest BCUT2D eigenvalue weighted by Gasteiger charge is -2.46. The topological polar surface area (TPSA) is 60.3 Å². The predicted molar refractivity (Wildman–Crippen MR) is 153 cm³/mol. The van der Waals surface area contributed by atoms with Crippen LogP contribution < -0.4 is 15.3 Å². The summed E-state index contributed by atoms with van der Waals surface area (Å²) in [6.07, 6.45) is 0. The Labute approximate surface area is 220 Å². The number of hydrazone groups is 2. The molecule has 0 bridgehead atoms. The summed E-state index contributed by atoms with van der Waals surface area (Å²) in [7, 11) is 0. The fourth-order valence-electron chi connectivity index (χ4n) is 4.65. The lowest BCUT2D eigenvalue weighted by Crippen LogP contribution is -2.53. The molecular formula is C30H25N5OS. The highest BCUT2D eigenvalue weighted by Gasteiger charge is 2.55. The molecule has 37 heavy (non-hydrogen) atoms. The number of carbonyl (C=O) groups is 1. The van der Waals surface area contributed by atoms with Gasteiger partial charge in [0.2, 0.25) is 4.99 Å². The summed E-state index contributed by atoms with van der Waals surface area (Å²) in [6, 6.07) is 35.9. The monoisotopic (exact) mass is 503 g/mol. The molecule has 2 aliphatic rings. The summed E-state index contributed by atoms with van der Waals surface area (Å²) in [6.45, 7) is 4.07. The van der Waals surface area contributed by atoms with Gasteiger partial charge in [-0.3, -0.25) is 4.79 Å². The summed E-state index contributed by atoms with van der Waals surface area (Å²) in [5.41, 5.74) is 6.58. The van der Waals surface area contributed by atoms with Crippen molar-refractivity contribution in [1.82, 2.24) is 0 Å². The first-order chi connectivity index (χ1) is 18.1. The van der Waals surface area contributed by atoms with Crippen molar-refractivity contribution in [3.05, 3.63) is 126 Å². The molecular weight excluding hydrogens is 478 g/mol. The summed E-state index contributed by atoms with van der Waals surface area (Å²) >= 11 is 1.40. The van der Waals surface area contributed by atoms with E-state index in [1.165, 1.54) is 11.8 Å². The van der Waals surface area contributed by atoms with Gasteiger partial charge >= 0.3 is 0 Å². The maximum Gasteiger partial charge on any atom is 0.282 e. The molecule has 0 radical (unpaired) electrons. The van der Waals surface area contributed by atoms with Gasteiger partial charge < -0.3 is 5.32 Å². The number of anilines is 3. The zero-order chi connectivity index (χ0) is 25.4. The van der Waals surface area contributed by atoms with Crippen molar-refractivity contribution in [3.63, 3.8) is 0 Å². The Morgan fingerprint density at radius 1 is 0.730 bits per heavy atom. The molecule has 1 atom stereocenters. The van der Waals surface area contributed by atoms with Gasteiger partial charge in [0.1, 0.15) is 0 Å². The minimum atomic E-state index is -0.948. The number of fused-ring (bicyclic) bond motifs is 2. The van der Waals surface area contributed by atoms with Gasteiger partial charge in [-0.15, -0.1) is 0 Å². The van der Waals surface area contributed by atoms with E-state index in [1.807, 2.05) is 102 Å². The van der Waals surface area contributed by atoms with Gasteiger partial charge in [0, 0.05) is 16.8 Å². The van der Waals surface area contributed by atoms with E-state index < -0.39 is 4.99 Å². The van der Waals surface area contributed by atoms with E-state index in [0.717, 1.165) is 39.5 Å². The second-order valence-electron chi connectivity index (χ2n) is 8.96. The zero-order valence-electron chi connectivity index (χ0n) is 20.5. The highest BCUT2D eigenvalue weighted by molar-refractivity contribution is 8.17. The van der Waals surface area contributed by atoms with Crippen LogP contribution in [0.1, 0.15) is 23.6 Å². The van der Waals surface area contributed by atoms with E-state index in [4.69, 9.17) is 10.2 Å². The molecule has 4 aromatic carbocycles. The van der Waals surface area contributed by atoms with Gasteiger partial charge in [0.15, 0.2) is 5.04 Å². The number of nitrogens with one attached hydrogen (secondary N) is 1. The van der Waals surface area contributed by atoms with Crippen molar-refractivity contribution in [2.75, 3.05) is 15.3 Å². The van der Waals surface area contributed by atoms with E-state index in [1.54, 1.807) is 0 Å². The number of benzene rings is 4. The first kappa shape index (κ1) is 23.1. The lowest BCUT2D eigenvalue weighted by atomic mass is 9.98. The molecule has 0 saturated carbocycles. The summed E-state index contributed by atoms with van der Waals surface area (Å²) < 4.78 is 0. The summed E-state index contributed by atoms with van der Waals surface area (Å²) in [5.74, 6) is -0.262.